The molecule has 0 saturated heterocycles. The number of hydrogen-bond acceptors (Lipinski definition) is 2. The fourth-order valence-corrected chi connectivity index (χ4v) is 6.79. The largest absolute Gasteiger partial charge is 0.484 e. The number of benzene rings is 2. The van der Waals surface area contributed by atoms with Crippen molar-refractivity contribution in [1.29, 1.82) is 0 Å². The van der Waals surface area contributed by atoms with Crippen molar-refractivity contribution >= 4 is 5.91 Å². The molecule has 0 heterocycles. The monoisotopic (exact) mass is 375 g/mol. The second kappa shape index (κ2) is 6.95. The summed E-state index contributed by atoms with van der Waals surface area (Å²) < 4.78 is 5.62. The molecule has 2 aromatic carbocycles. The maximum absolute atomic E-state index is 12.4. The molecule has 0 radical (unpaired) electrons. The molecule has 3 heteroatoms. The Morgan fingerprint density at radius 2 is 1.57 bits per heavy atom. The molecule has 146 valence electrons. The van der Waals surface area contributed by atoms with E-state index >= 15 is 0 Å². The molecule has 0 spiro atoms. The summed E-state index contributed by atoms with van der Waals surface area (Å²) in [5.41, 5.74) is 2.12. The van der Waals surface area contributed by atoms with Crippen molar-refractivity contribution in [2.75, 3.05) is 13.2 Å². The van der Waals surface area contributed by atoms with Gasteiger partial charge in [0.15, 0.2) is 6.61 Å². The van der Waals surface area contributed by atoms with Gasteiger partial charge in [0.05, 0.1) is 0 Å². The lowest BCUT2D eigenvalue weighted by Gasteiger charge is -2.62. The van der Waals surface area contributed by atoms with Gasteiger partial charge in [0.2, 0.25) is 0 Å². The number of rotatable bonds is 6. The zero-order valence-corrected chi connectivity index (χ0v) is 16.4. The van der Waals surface area contributed by atoms with Crippen molar-refractivity contribution in [2.45, 2.75) is 43.9 Å². The molecule has 6 rings (SSSR count). The quantitative estimate of drug-likeness (QED) is 0.793. The summed E-state index contributed by atoms with van der Waals surface area (Å²) in [6.07, 6.45) is 7.83. The lowest BCUT2D eigenvalue weighted by molar-refractivity contribution is -0.125. The molecule has 3 nitrogen and oxygen atoms in total. The van der Waals surface area contributed by atoms with Gasteiger partial charge in [0.1, 0.15) is 5.75 Å². The van der Waals surface area contributed by atoms with Crippen LogP contribution in [-0.4, -0.2) is 19.1 Å². The Balaban J connectivity index is 1.26. The molecule has 4 aliphatic rings. The topological polar surface area (TPSA) is 38.3 Å². The van der Waals surface area contributed by atoms with Gasteiger partial charge in [-0.1, -0.05) is 48.5 Å². The standard InChI is InChI=1S/C25H29NO2/c27-23(16-28-22-9-5-2-6-10-22)26-18-24-12-19-11-20(13-24)15-25(14-19,17-24)21-7-3-1-4-8-21/h1-10,19-20H,11-18H2,(H,26,27)/t19-,20-,24?,25?/m0/s1. The van der Waals surface area contributed by atoms with Crippen LogP contribution in [0.2, 0.25) is 0 Å². The van der Waals surface area contributed by atoms with Crippen LogP contribution in [-0.2, 0) is 10.2 Å². The molecule has 0 aliphatic heterocycles. The van der Waals surface area contributed by atoms with Gasteiger partial charge in [0, 0.05) is 6.54 Å². The molecule has 2 aromatic rings. The van der Waals surface area contributed by atoms with Crippen molar-refractivity contribution in [2.24, 2.45) is 17.3 Å². The van der Waals surface area contributed by atoms with Gasteiger partial charge in [-0.15, -0.1) is 0 Å². The normalized spacial score (nSPS) is 32.9. The highest BCUT2D eigenvalue weighted by Crippen LogP contribution is 2.65. The zero-order valence-electron chi connectivity index (χ0n) is 16.4. The lowest BCUT2D eigenvalue weighted by Crippen LogP contribution is -2.57. The summed E-state index contributed by atoms with van der Waals surface area (Å²) in [4.78, 5) is 12.4. The van der Waals surface area contributed by atoms with Gasteiger partial charge in [-0.3, -0.25) is 4.79 Å². The Kier molecular flexibility index (Phi) is 4.41. The first-order valence-corrected chi connectivity index (χ1v) is 10.6. The van der Waals surface area contributed by atoms with Crippen LogP contribution in [0.5, 0.6) is 5.75 Å². The number of hydrogen-bond donors (Lipinski definition) is 1. The highest BCUT2D eigenvalue weighted by molar-refractivity contribution is 5.77. The van der Waals surface area contributed by atoms with Crippen molar-refractivity contribution in [3.8, 4) is 5.75 Å². The third-order valence-corrected chi connectivity index (χ3v) is 7.34. The minimum Gasteiger partial charge on any atom is -0.484 e. The predicted octanol–water partition coefficient (Wildman–Crippen LogP) is 4.72. The number of para-hydroxylation sites is 1. The van der Waals surface area contributed by atoms with Crippen LogP contribution in [0.15, 0.2) is 60.7 Å². The van der Waals surface area contributed by atoms with Gasteiger partial charge in [0.25, 0.3) is 5.91 Å². The number of amides is 1. The highest BCUT2D eigenvalue weighted by Gasteiger charge is 2.57. The summed E-state index contributed by atoms with van der Waals surface area (Å²) in [6.45, 7) is 0.891. The van der Waals surface area contributed by atoms with E-state index in [1.165, 1.54) is 44.1 Å². The van der Waals surface area contributed by atoms with Crippen LogP contribution in [0.4, 0.5) is 0 Å². The van der Waals surface area contributed by atoms with Crippen LogP contribution in [0, 0.1) is 17.3 Å². The smallest absolute Gasteiger partial charge is 0.257 e. The maximum atomic E-state index is 12.4. The molecular formula is C25H29NO2. The molecule has 4 saturated carbocycles. The Morgan fingerprint density at radius 3 is 2.25 bits per heavy atom. The van der Waals surface area contributed by atoms with Crippen LogP contribution < -0.4 is 10.1 Å². The SMILES string of the molecule is O=C(COc1ccccc1)NCC12C[C@@H]3C[C@@H](C1)CC(c1ccccc1)(C3)C2. The Bertz CT molecular complexity index is 818. The molecule has 28 heavy (non-hydrogen) atoms. The van der Waals surface area contributed by atoms with E-state index in [9.17, 15) is 4.79 Å². The molecule has 2 atom stereocenters. The molecule has 0 aromatic heterocycles. The average Bonchev–Trinajstić information content (AvgIpc) is 2.71. The van der Waals surface area contributed by atoms with E-state index in [1.54, 1.807) is 0 Å². The first-order valence-electron chi connectivity index (χ1n) is 10.6. The molecule has 1 amide bonds. The Morgan fingerprint density at radius 1 is 0.929 bits per heavy atom. The van der Waals surface area contributed by atoms with Gasteiger partial charge in [-0.25, -0.2) is 0 Å². The maximum Gasteiger partial charge on any atom is 0.257 e. The van der Waals surface area contributed by atoms with Crippen LogP contribution in [0.3, 0.4) is 0 Å². The molecule has 4 aliphatic carbocycles. The van der Waals surface area contributed by atoms with E-state index in [1.807, 2.05) is 30.3 Å². The van der Waals surface area contributed by atoms with E-state index in [0.717, 1.165) is 24.1 Å². The summed E-state index contributed by atoms with van der Waals surface area (Å²) >= 11 is 0. The number of ether oxygens (including phenoxy) is 1. The Hall–Kier alpha value is -2.29. The van der Waals surface area contributed by atoms with Crippen molar-refractivity contribution in [3.63, 3.8) is 0 Å². The van der Waals surface area contributed by atoms with Gasteiger partial charge >= 0.3 is 0 Å². The third-order valence-electron chi connectivity index (χ3n) is 7.34. The second-order valence-electron chi connectivity index (χ2n) is 9.49. The fourth-order valence-electron chi connectivity index (χ4n) is 6.79. The predicted molar refractivity (Wildman–Crippen MR) is 110 cm³/mol. The van der Waals surface area contributed by atoms with Gasteiger partial charge < -0.3 is 10.1 Å². The second-order valence-corrected chi connectivity index (χ2v) is 9.49. The van der Waals surface area contributed by atoms with Gasteiger partial charge in [-0.05, 0) is 78.9 Å². The zero-order chi connectivity index (χ0) is 19.0. The minimum absolute atomic E-state index is 0.00615. The van der Waals surface area contributed by atoms with Crippen molar-refractivity contribution < 1.29 is 9.53 Å². The summed E-state index contributed by atoms with van der Waals surface area (Å²) in [6, 6.07) is 20.7. The summed E-state index contributed by atoms with van der Waals surface area (Å²) in [7, 11) is 0. The fraction of sp³-hybridized carbons (Fsp3) is 0.480. The van der Waals surface area contributed by atoms with Crippen LogP contribution in [0.25, 0.3) is 0 Å². The lowest BCUT2D eigenvalue weighted by atomic mass is 9.43. The van der Waals surface area contributed by atoms with E-state index in [-0.39, 0.29) is 17.9 Å². The van der Waals surface area contributed by atoms with Crippen LogP contribution >= 0.6 is 0 Å². The van der Waals surface area contributed by atoms with E-state index in [2.05, 4.69) is 35.6 Å². The highest BCUT2D eigenvalue weighted by atomic mass is 16.5. The molecular weight excluding hydrogens is 346 g/mol. The summed E-state index contributed by atoms with van der Waals surface area (Å²) in [5.74, 6) is 2.38. The average molecular weight is 376 g/mol. The number of nitrogens with one attached hydrogen (secondary N) is 1. The van der Waals surface area contributed by atoms with E-state index in [4.69, 9.17) is 4.74 Å². The van der Waals surface area contributed by atoms with Gasteiger partial charge in [-0.2, -0.15) is 0 Å². The van der Waals surface area contributed by atoms with Crippen molar-refractivity contribution in [1.82, 2.24) is 5.32 Å². The van der Waals surface area contributed by atoms with Crippen LogP contribution in [0.1, 0.15) is 44.1 Å². The molecule has 0 unspecified atom stereocenters. The molecule has 4 bridgehead atoms. The Labute approximate surface area is 167 Å². The van der Waals surface area contributed by atoms with E-state index in [0.29, 0.717) is 5.41 Å². The van der Waals surface area contributed by atoms with Crippen molar-refractivity contribution in [3.05, 3.63) is 66.2 Å². The first kappa shape index (κ1) is 17.8. The number of carbonyl (C=O) groups is 1. The molecule has 1 N–H and O–H groups in total. The minimum atomic E-state index is -0.00615. The number of carbonyl (C=O) groups excluding carboxylic acids is 1. The third kappa shape index (κ3) is 3.32. The summed E-state index contributed by atoms with van der Waals surface area (Å²) in [5, 5.41) is 3.21. The first-order chi connectivity index (χ1) is 13.6. The van der Waals surface area contributed by atoms with E-state index < -0.39 is 0 Å². The molecule has 4 fully saturated rings.